The molecule has 1 rings (SSSR count). The van der Waals surface area contributed by atoms with Crippen LogP contribution in [0.15, 0.2) is 18.3 Å². The fourth-order valence-electron chi connectivity index (χ4n) is 1.58. The zero-order chi connectivity index (χ0) is 17.2. The van der Waals surface area contributed by atoms with Crippen molar-refractivity contribution in [1.82, 2.24) is 15.6 Å². The number of carboxylic acid groups (broad SMARTS) is 1. The van der Waals surface area contributed by atoms with E-state index in [0.29, 0.717) is 11.4 Å². The minimum atomic E-state index is -1.18. The van der Waals surface area contributed by atoms with Crippen molar-refractivity contribution >= 4 is 47.1 Å². The Hall–Kier alpha value is -2.00. The molecule has 0 aliphatic rings. The van der Waals surface area contributed by atoms with E-state index in [1.807, 2.05) is 6.26 Å². The first-order valence-corrected chi connectivity index (χ1v) is 8.38. The van der Waals surface area contributed by atoms with Gasteiger partial charge in [-0.25, -0.2) is 9.78 Å². The van der Waals surface area contributed by atoms with Crippen LogP contribution in [0.1, 0.15) is 6.42 Å². The summed E-state index contributed by atoms with van der Waals surface area (Å²) in [6.45, 7) is 0.0210. The van der Waals surface area contributed by atoms with Crippen LogP contribution in [0.4, 0.5) is 10.6 Å². The summed E-state index contributed by atoms with van der Waals surface area (Å²) in [5.41, 5.74) is 0. The maximum atomic E-state index is 11.7. The summed E-state index contributed by atoms with van der Waals surface area (Å²) in [6.07, 6.45) is 2.58. The normalized spacial score (nSPS) is 11.4. The number of pyridine rings is 1. The van der Waals surface area contributed by atoms with Gasteiger partial charge in [0.25, 0.3) is 0 Å². The highest BCUT2D eigenvalue weighted by molar-refractivity contribution is 7.98. The van der Waals surface area contributed by atoms with E-state index in [-0.39, 0.29) is 12.4 Å². The largest absolute Gasteiger partial charge is 0.465 e. The first-order valence-electron chi connectivity index (χ1n) is 6.61. The zero-order valence-corrected chi connectivity index (χ0v) is 13.9. The molecule has 0 aliphatic carbocycles. The van der Waals surface area contributed by atoms with E-state index < -0.39 is 23.9 Å². The maximum Gasteiger partial charge on any atom is 0.404 e. The molecule has 4 N–H and O–H groups in total. The summed E-state index contributed by atoms with van der Waals surface area (Å²) in [4.78, 5) is 38.0. The minimum Gasteiger partial charge on any atom is -0.465 e. The van der Waals surface area contributed by atoms with Crippen molar-refractivity contribution in [2.24, 2.45) is 0 Å². The van der Waals surface area contributed by atoms with Crippen molar-refractivity contribution in [3.63, 3.8) is 0 Å². The van der Waals surface area contributed by atoms with Crippen LogP contribution in [-0.4, -0.2) is 52.6 Å². The van der Waals surface area contributed by atoms with Crippen molar-refractivity contribution in [3.05, 3.63) is 23.4 Å². The number of rotatable bonds is 7. The van der Waals surface area contributed by atoms with E-state index in [4.69, 9.17) is 16.7 Å². The van der Waals surface area contributed by atoms with Gasteiger partial charge < -0.3 is 21.1 Å². The van der Waals surface area contributed by atoms with Crippen LogP contribution in [0.5, 0.6) is 0 Å². The molecular formula is C13H17ClN4O4S. The van der Waals surface area contributed by atoms with E-state index >= 15 is 0 Å². The molecule has 10 heteroatoms. The summed E-state index contributed by atoms with van der Waals surface area (Å²) in [5.74, 6) is -0.846. The van der Waals surface area contributed by atoms with Gasteiger partial charge in [-0.05, 0) is 30.6 Å². The first kappa shape index (κ1) is 19.0. The van der Waals surface area contributed by atoms with Crippen molar-refractivity contribution < 1.29 is 19.5 Å². The van der Waals surface area contributed by atoms with Crippen molar-refractivity contribution in [2.75, 3.05) is 23.9 Å². The molecule has 1 heterocycles. The van der Waals surface area contributed by atoms with Gasteiger partial charge in [-0.3, -0.25) is 9.59 Å². The maximum absolute atomic E-state index is 11.7. The molecule has 0 unspecified atom stereocenters. The zero-order valence-electron chi connectivity index (χ0n) is 12.3. The lowest BCUT2D eigenvalue weighted by Crippen LogP contribution is -2.46. The van der Waals surface area contributed by atoms with E-state index in [1.165, 1.54) is 18.3 Å². The summed E-state index contributed by atoms with van der Waals surface area (Å²) in [7, 11) is 0. The number of carbonyl (C=O) groups excluding carboxylic acids is 2. The quantitative estimate of drug-likeness (QED) is 0.542. The fraction of sp³-hybridized carbons (Fsp3) is 0.385. The Bertz CT molecular complexity index is 555. The predicted octanol–water partition coefficient (Wildman–Crippen LogP) is 1.18. The molecule has 23 heavy (non-hydrogen) atoms. The number of nitrogens with zero attached hydrogens (tertiary/aromatic N) is 1. The highest BCUT2D eigenvalue weighted by Gasteiger charge is 2.17. The van der Waals surface area contributed by atoms with Crippen LogP contribution in [0.25, 0.3) is 0 Å². The number of aromatic nitrogens is 1. The van der Waals surface area contributed by atoms with Gasteiger partial charge in [0.15, 0.2) is 0 Å². The van der Waals surface area contributed by atoms with Crippen LogP contribution in [0.3, 0.4) is 0 Å². The Labute approximate surface area is 142 Å². The number of halogens is 1. The Balaban J connectivity index is 2.47. The summed E-state index contributed by atoms with van der Waals surface area (Å²) < 4.78 is 0. The number of hydrogen-bond donors (Lipinski definition) is 4. The van der Waals surface area contributed by atoms with Gasteiger partial charge in [0.1, 0.15) is 5.82 Å². The second-order valence-corrected chi connectivity index (χ2v) is 5.88. The molecule has 0 spiro atoms. The molecule has 0 saturated heterocycles. The lowest BCUT2D eigenvalue weighted by atomic mass is 10.2. The molecule has 126 valence electrons. The van der Waals surface area contributed by atoms with E-state index in [1.54, 1.807) is 11.8 Å². The molecule has 0 aromatic carbocycles. The number of anilines is 1. The third kappa shape index (κ3) is 7.71. The minimum absolute atomic E-state index is 0.0210. The average Bonchev–Trinajstić information content (AvgIpc) is 2.51. The van der Waals surface area contributed by atoms with Crippen molar-refractivity contribution in [2.45, 2.75) is 12.5 Å². The lowest BCUT2D eigenvalue weighted by Gasteiger charge is -2.16. The standard InChI is InChI=1S/C13H17ClN4O4S/c1-23-5-4-9(17-13(21)22)7-16-11(19)12(20)18-10-3-2-8(14)6-15-10/h2-3,6,9,17H,4-5,7H2,1H3,(H,16,19)(H,21,22)(H,15,18,20)/t9-/m1/s1. The molecule has 1 atom stereocenters. The number of amides is 3. The number of carbonyl (C=O) groups is 3. The third-order valence-corrected chi connectivity index (χ3v) is 3.55. The number of hydrogen-bond acceptors (Lipinski definition) is 5. The van der Waals surface area contributed by atoms with Gasteiger partial charge in [0, 0.05) is 12.7 Å². The molecule has 0 aliphatic heterocycles. The Morgan fingerprint density at radius 1 is 1.35 bits per heavy atom. The molecular weight excluding hydrogens is 344 g/mol. The van der Waals surface area contributed by atoms with Gasteiger partial charge >= 0.3 is 17.9 Å². The molecule has 0 radical (unpaired) electrons. The van der Waals surface area contributed by atoms with Gasteiger partial charge in [-0.1, -0.05) is 11.6 Å². The molecule has 0 saturated carbocycles. The molecule has 1 aromatic heterocycles. The highest BCUT2D eigenvalue weighted by atomic mass is 35.5. The van der Waals surface area contributed by atoms with Crippen LogP contribution in [-0.2, 0) is 9.59 Å². The SMILES string of the molecule is CSCC[C@H](CNC(=O)C(=O)Nc1ccc(Cl)cn1)NC(=O)O. The average molecular weight is 361 g/mol. The number of thioether (sulfide) groups is 1. The Morgan fingerprint density at radius 3 is 2.65 bits per heavy atom. The van der Waals surface area contributed by atoms with Crippen molar-refractivity contribution in [3.8, 4) is 0 Å². The second kappa shape index (κ2) is 9.90. The third-order valence-electron chi connectivity index (χ3n) is 2.68. The van der Waals surface area contributed by atoms with E-state index in [9.17, 15) is 14.4 Å². The molecule has 3 amide bonds. The smallest absolute Gasteiger partial charge is 0.404 e. The van der Waals surface area contributed by atoms with Gasteiger partial charge in [0.2, 0.25) is 0 Å². The Kier molecular flexibility index (Phi) is 8.20. The van der Waals surface area contributed by atoms with Crippen LogP contribution in [0, 0.1) is 0 Å². The monoisotopic (exact) mass is 360 g/mol. The van der Waals surface area contributed by atoms with Crippen molar-refractivity contribution in [1.29, 1.82) is 0 Å². The topological polar surface area (TPSA) is 120 Å². The molecule has 1 aromatic rings. The van der Waals surface area contributed by atoms with E-state index in [2.05, 4.69) is 20.9 Å². The second-order valence-electron chi connectivity index (χ2n) is 4.45. The molecule has 0 bridgehead atoms. The predicted molar refractivity (Wildman–Crippen MR) is 88.8 cm³/mol. The number of nitrogens with one attached hydrogen (secondary N) is 3. The highest BCUT2D eigenvalue weighted by Crippen LogP contribution is 2.09. The molecule has 0 fully saturated rings. The van der Waals surface area contributed by atoms with Crippen LogP contribution >= 0.6 is 23.4 Å². The molecule has 8 nitrogen and oxygen atoms in total. The summed E-state index contributed by atoms with van der Waals surface area (Å²) in [5, 5.41) is 16.2. The summed E-state index contributed by atoms with van der Waals surface area (Å²) >= 11 is 7.22. The van der Waals surface area contributed by atoms with E-state index in [0.717, 1.165) is 5.75 Å². The Morgan fingerprint density at radius 2 is 2.09 bits per heavy atom. The lowest BCUT2D eigenvalue weighted by molar-refractivity contribution is -0.136. The fourth-order valence-corrected chi connectivity index (χ4v) is 2.21. The first-order chi connectivity index (χ1) is 10.9. The van der Waals surface area contributed by atoms with Gasteiger partial charge in [-0.2, -0.15) is 11.8 Å². The summed E-state index contributed by atoms with van der Waals surface area (Å²) in [6, 6.07) is 2.52. The van der Waals surface area contributed by atoms with Gasteiger partial charge in [0.05, 0.1) is 11.1 Å². The van der Waals surface area contributed by atoms with Crippen LogP contribution in [0.2, 0.25) is 5.02 Å². The van der Waals surface area contributed by atoms with Gasteiger partial charge in [-0.15, -0.1) is 0 Å². The van der Waals surface area contributed by atoms with Crippen LogP contribution < -0.4 is 16.0 Å².